The first-order chi connectivity index (χ1) is 9.28. The van der Waals surface area contributed by atoms with Crippen molar-refractivity contribution in [3.8, 4) is 11.8 Å². The van der Waals surface area contributed by atoms with Crippen molar-refractivity contribution in [3.63, 3.8) is 0 Å². The van der Waals surface area contributed by atoms with E-state index >= 15 is 0 Å². The van der Waals surface area contributed by atoms with Gasteiger partial charge in [-0.3, -0.25) is 4.98 Å². The second kappa shape index (κ2) is 6.93. The normalized spacial score (nSPS) is 9.79. The molecular weight excluding hydrogens is 261 g/mol. The predicted octanol–water partition coefficient (Wildman–Crippen LogP) is 2.86. The van der Waals surface area contributed by atoms with Crippen molar-refractivity contribution >= 4 is 11.8 Å². The maximum absolute atomic E-state index is 13.4. The molecule has 2 aromatic rings. The van der Waals surface area contributed by atoms with Crippen LogP contribution in [0.25, 0.3) is 0 Å². The minimum Gasteiger partial charge on any atom is -0.384 e. The summed E-state index contributed by atoms with van der Waals surface area (Å²) in [6, 6.07) is 8.52. The summed E-state index contributed by atoms with van der Waals surface area (Å²) in [5, 5.41) is 8.64. The highest BCUT2D eigenvalue weighted by molar-refractivity contribution is 7.98. The maximum atomic E-state index is 13.4. The highest BCUT2D eigenvalue weighted by atomic mass is 32.2. The molecule has 0 atom stereocenters. The molecule has 2 nitrogen and oxygen atoms in total. The number of benzene rings is 1. The third kappa shape index (κ3) is 4.40. The summed E-state index contributed by atoms with van der Waals surface area (Å²) in [4.78, 5) is 5.03. The van der Waals surface area contributed by atoms with E-state index in [1.165, 1.54) is 12.1 Å². The zero-order chi connectivity index (χ0) is 13.5. The monoisotopic (exact) mass is 273 g/mol. The first-order valence-corrected chi connectivity index (χ1v) is 6.68. The smallest absolute Gasteiger partial charge is 0.124 e. The van der Waals surface area contributed by atoms with Crippen LogP contribution in [-0.2, 0) is 5.75 Å². The second-order valence-corrected chi connectivity index (χ2v) is 4.83. The summed E-state index contributed by atoms with van der Waals surface area (Å²) in [6.45, 7) is -0.225. The highest BCUT2D eigenvalue weighted by Crippen LogP contribution is 2.22. The van der Waals surface area contributed by atoms with Crippen molar-refractivity contribution in [2.24, 2.45) is 0 Å². The van der Waals surface area contributed by atoms with Gasteiger partial charge in [0.25, 0.3) is 0 Å². The molecule has 2 rings (SSSR count). The first-order valence-electron chi connectivity index (χ1n) is 5.70. The molecule has 0 saturated heterocycles. The van der Waals surface area contributed by atoms with E-state index < -0.39 is 0 Å². The average Bonchev–Trinajstić information content (AvgIpc) is 2.43. The maximum Gasteiger partial charge on any atom is 0.124 e. The number of aromatic nitrogens is 1. The van der Waals surface area contributed by atoms with Crippen LogP contribution in [0.2, 0.25) is 0 Å². The van der Waals surface area contributed by atoms with Crippen LogP contribution in [0.3, 0.4) is 0 Å². The number of rotatable bonds is 3. The van der Waals surface area contributed by atoms with E-state index in [0.717, 1.165) is 10.5 Å². The van der Waals surface area contributed by atoms with Crippen LogP contribution in [-0.4, -0.2) is 16.7 Å². The van der Waals surface area contributed by atoms with Crippen molar-refractivity contribution in [3.05, 3.63) is 59.7 Å². The minimum absolute atomic E-state index is 0.225. The topological polar surface area (TPSA) is 33.1 Å². The molecule has 0 aliphatic carbocycles. The van der Waals surface area contributed by atoms with Gasteiger partial charge in [-0.1, -0.05) is 11.8 Å². The van der Waals surface area contributed by atoms with Crippen LogP contribution in [0.15, 0.2) is 47.6 Å². The Hall–Kier alpha value is -1.83. The van der Waals surface area contributed by atoms with Gasteiger partial charge in [0.1, 0.15) is 12.4 Å². The van der Waals surface area contributed by atoms with Gasteiger partial charge < -0.3 is 5.11 Å². The van der Waals surface area contributed by atoms with E-state index in [1.807, 2.05) is 18.2 Å². The first kappa shape index (κ1) is 13.6. The number of hydrogen-bond acceptors (Lipinski definition) is 3. The van der Waals surface area contributed by atoms with Crippen LogP contribution in [0, 0.1) is 17.7 Å². The fraction of sp³-hybridized carbons (Fsp3) is 0.133. The molecule has 0 radical (unpaired) electrons. The Kier molecular flexibility index (Phi) is 4.96. The fourth-order valence-corrected chi connectivity index (χ4v) is 2.36. The number of halogens is 1. The molecule has 1 heterocycles. The van der Waals surface area contributed by atoms with E-state index in [9.17, 15) is 4.39 Å². The van der Waals surface area contributed by atoms with Crippen molar-refractivity contribution in [2.45, 2.75) is 10.6 Å². The zero-order valence-electron chi connectivity index (χ0n) is 10.1. The summed E-state index contributed by atoms with van der Waals surface area (Å²) in [5.74, 6) is 5.58. The Bertz CT molecular complexity index is 605. The molecule has 1 aromatic carbocycles. The number of pyridine rings is 1. The molecular formula is C15H12FNOS. The van der Waals surface area contributed by atoms with Gasteiger partial charge in [0, 0.05) is 28.6 Å². The molecule has 1 N–H and O–H groups in total. The number of hydrogen-bond donors (Lipinski definition) is 1. The summed E-state index contributed by atoms with van der Waals surface area (Å²) in [5.41, 5.74) is 1.45. The highest BCUT2D eigenvalue weighted by Gasteiger charge is 2.01. The molecule has 0 fully saturated rings. The number of nitrogens with zero attached hydrogens (tertiary/aromatic N) is 1. The van der Waals surface area contributed by atoms with E-state index in [2.05, 4.69) is 16.8 Å². The van der Waals surface area contributed by atoms with Crippen LogP contribution < -0.4 is 0 Å². The third-order valence-electron chi connectivity index (χ3n) is 2.32. The van der Waals surface area contributed by atoms with Gasteiger partial charge in [-0.05, 0) is 35.9 Å². The van der Waals surface area contributed by atoms with Crippen molar-refractivity contribution < 1.29 is 9.50 Å². The Labute approximate surface area is 115 Å². The molecule has 1 aromatic heterocycles. The van der Waals surface area contributed by atoms with Crippen LogP contribution >= 0.6 is 11.8 Å². The molecule has 4 heteroatoms. The van der Waals surface area contributed by atoms with Gasteiger partial charge in [0.15, 0.2) is 0 Å². The third-order valence-corrected chi connectivity index (χ3v) is 3.41. The predicted molar refractivity (Wildman–Crippen MR) is 74.2 cm³/mol. The minimum atomic E-state index is -0.310. The van der Waals surface area contributed by atoms with E-state index in [-0.39, 0.29) is 12.4 Å². The Balaban J connectivity index is 2.10. The Morgan fingerprint density at radius 3 is 2.74 bits per heavy atom. The molecule has 0 amide bonds. The molecule has 19 heavy (non-hydrogen) atoms. The molecule has 0 aliphatic rings. The fourth-order valence-electron chi connectivity index (χ4n) is 1.55. The lowest BCUT2D eigenvalue weighted by Gasteiger charge is -2.03. The SMILES string of the molecule is OCC#Cc1cc(F)cc(CSc2ccncc2)c1. The van der Waals surface area contributed by atoms with Gasteiger partial charge >= 0.3 is 0 Å². The van der Waals surface area contributed by atoms with Crippen LogP contribution in [0.5, 0.6) is 0 Å². The number of aliphatic hydroxyl groups is 1. The molecule has 0 bridgehead atoms. The van der Waals surface area contributed by atoms with Crippen molar-refractivity contribution in [2.75, 3.05) is 6.61 Å². The Morgan fingerprint density at radius 1 is 1.21 bits per heavy atom. The van der Waals surface area contributed by atoms with Crippen molar-refractivity contribution in [1.29, 1.82) is 0 Å². The molecule has 0 unspecified atom stereocenters. The van der Waals surface area contributed by atoms with Gasteiger partial charge in [0.2, 0.25) is 0 Å². The lowest BCUT2D eigenvalue weighted by molar-refractivity contribution is 0.350. The summed E-state index contributed by atoms with van der Waals surface area (Å²) in [6.07, 6.45) is 3.46. The molecule has 96 valence electrons. The van der Waals surface area contributed by atoms with Crippen molar-refractivity contribution in [1.82, 2.24) is 4.98 Å². The summed E-state index contributed by atoms with van der Waals surface area (Å²) < 4.78 is 13.4. The van der Waals surface area contributed by atoms with Gasteiger partial charge in [-0.15, -0.1) is 11.8 Å². The van der Waals surface area contributed by atoms with Gasteiger partial charge in [0.05, 0.1) is 0 Å². The van der Waals surface area contributed by atoms with E-state index in [4.69, 9.17) is 5.11 Å². The zero-order valence-corrected chi connectivity index (χ0v) is 11.0. The van der Waals surface area contributed by atoms with Gasteiger partial charge in [-0.2, -0.15) is 0 Å². The Morgan fingerprint density at radius 2 is 2.00 bits per heavy atom. The van der Waals surface area contributed by atoms with Gasteiger partial charge in [-0.25, -0.2) is 4.39 Å². The van der Waals surface area contributed by atoms with E-state index in [0.29, 0.717) is 11.3 Å². The molecule has 0 spiro atoms. The average molecular weight is 273 g/mol. The largest absolute Gasteiger partial charge is 0.384 e. The molecule has 0 saturated carbocycles. The quantitative estimate of drug-likeness (QED) is 0.689. The lowest BCUT2D eigenvalue weighted by atomic mass is 10.1. The number of thioether (sulfide) groups is 1. The second-order valence-electron chi connectivity index (χ2n) is 3.78. The molecule has 0 aliphatic heterocycles. The van der Waals surface area contributed by atoms with E-state index in [1.54, 1.807) is 24.2 Å². The lowest BCUT2D eigenvalue weighted by Crippen LogP contribution is -1.87. The summed E-state index contributed by atoms with van der Waals surface area (Å²) >= 11 is 1.61. The van der Waals surface area contributed by atoms with Crippen LogP contribution in [0.4, 0.5) is 4.39 Å². The summed E-state index contributed by atoms with van der Waals surface area (Å²) in [7, 11) is 0. The number of aliphatic hydroxyl groups excluding tert-OH is 1. The van der Waals surface area contributed by atoms with Crippen LogP contribution in [0.1, 0.15) is 11.1 Å². The standard InChI is InChI=1S/C15H12FNOS/c16-14-9-12(2-1-7-18)8-13(10-14)11-19-15-3-5-17-6-4-15/h3-6,8-10,18H,7,11H2.